The second-order valence-electron chi connectivity index (χ2n) is 7.09. The summed E-state index contributed by atoms with van der Waals surface area (Å²) in [6, 6.07) is 16.3. The maximum absolute atomic E-state index is 9.73. The van der Waals surface area contributed by atoms with Gasteiger partial charge in [-0.3, -0.25) is 0 Å². The summed E-state index contributed by atoms with van der Waals surface area (Å²) in [6.07, 6.45) is 2.13. The molecule has 5 nitrogen and oxygen atoms in total. The standard InChI is InChI=1S/C24H29N3O2/c1-4-7-14-28-19-11-8-17(9-12-19)23-20-13-10-18(27(5-2)6-3)15-22(20)29-24(26)21(23)16-25/h8-13,15,23H,4-7,14,26H2,1-3H3/t23-/m1/s1. The largest absolute Gasteiger partial charge is 0.494 e. The van der Waals surface area contributed by atoms with Crippen molar-refractivity contribution in [2.75, 3.05) is 24.6 Å². The zero-order chi connectivity index (χ0) is 20.8. The van der Waals surface area contributed by atoms with Crippen molar-refractivity contribution in [1.29, 1.82) is 5.26 Å². The molecule has 0 saturated carbocycles. The van der Waals surface area contributed by atoms with Gasteiger partial charge >= 0.3 is 0 Å². The van der Waals surface area contributed by atoms with Crippen LogP contribution in [0.4, 0.5) is 5.69 Å². The Morgan fingerprint density at radius 1 is 1.10 bits per heavy atom. The number of nitrogens with zero attached hydrogens (tertiary/aromatic N) is 2. The lowest BCUT2D eigenvalue weighted by Crippen LogP contribution is -2.24. The summed E-state index contributed by atoms with van der Waals surface area (Å²) >= 11 is 0. The molecule has 1 heterocycles. The van der Waals surface area contributed by atoms with Gasteiger partial charge in [0.05, 0.1) is 12.5 Å². The average molecular weight is 392 g/mol. The zero-order valence-electron chi connectivity index (χ0n) is 17.4. The Labute approximate surface area is 173 Å². The van der Waals surface area contributed by atoms with Gasteiger partial charge in [-0.2, -0.15) is 5.26 Å². The first-order valence-electron chi connectivity index (χ1n) is 10.3. The minimum absolute atomic E-state index is 0.171. The second-order valence-corrected chi connectivity index (χ2v) is 7.09. The molecular formula is C24H29N3O2. The fraction of sp³-hybridized carbons (Fsp3) is 0.375. The average Bonchev–Trinajstić information content (AvgIpc) is 2.74. The van der Waals surface area contributed by atoms with Crippen LogP contribution in [0.2, 0.25) is 0 Å². The molecule has 0 aromatic heterocycles. The Balaban J connectivity index is 1.96. The number of rotatable bonds is 8. The van der Waals surface area contributed by atoms with Crippen LogP contribution in [-0.2, 0) is 0 Å². The van der Waals surface area contributed by atoms with E-state index in [2.05, 4.69) is 37.8 Å². The lowest BCUT2D eigenvalue weighted by atomic mass is 9.83. The molecule has 1 aliphatic rings. The number of fused-ring (bicyclic) bond motifs is 1. The van der Waals surface area contributed by atoms with E-state index >= 15 is 0 Å². The minimum atomic E-state index is -0.251. The Morgan fingerprint density at radius 2 is 1.83 bits per heavy atom. The summed E-state index contributed by atoms with van der Waals surface area (Å²) < 4.78 is 11.6. The Kier molecular flexibility index (Phi) is 6.66. The molecule has 2 aromatic rings. The van der Waals surface area contributed by atoms with Gasteiger partial charge in [0.15, 0.2) is 0 Å². The maximum Gasteiger partial charge on any atom is 0.205 e. The van der Waals surface area contributed by atoms with E-state index in [0.29, 0.717) is 17.9 Å². The van der Waals surface area contributed by atoms with Crippen LogP contribution in [0.3, 0.4) is 0 Å². The van der Waals surface area contributed by atoms with E-state index in [1.54, 1.807) is 0 Å². The number of benzene rings is 2. The lowest BCUT2D eigenvalue weighted by Gasteiger charge is -2.29. The summed E-state index contributed by atoms with van der Waals surface area (Å²) in [5.41, 5.74) is 9.60. The van der Waals surface area contributed by atoms with E-state index in [0.717, 1.165) is 48.5 Å². The molecule has 152 valence electrons. The third-order valence-electron chi connectivity index (χ3n) is 5.31. The SMILES string of the molecule is CCCCOc1ccc([C@H]2C(C#N)=C(N)Oc3cc(N(CC)CC)ccc32)cc1. The Morgan fingerprint density at radius 3 is 2.45 bits per heavy atom. The van der Waals surface area contributed by atoms with Crippen LogP contribution in [0.15, 0.2) is 53.9 Å². The first-order chi connectivity index (χ1) is 14.1. The van der Waals surface area contributed by atoms with Crippen molar-refractivity contribution >= 4 is 5.69 Å². The molecule has 0 amide bonds. The fourth-order valence-electron chi connectivity index (χ4n) is 3.66. The third-order valence-corrected chi connectivity index (χ3v) is 5.31. The van der Waals surface area contributed by atoms with Crippen LogP contribution in [-0.4, -0.2) is 19.7 Å². The van der Waals surface area contributed by atoms with Gasteiger partial charge in [0.1, 0.15) is 23.1 Å². The number of hydrogen-bond acceptors (Lipinski definition) is 5. The predicted octanol–water partition coefficient (Wildman–Crippen LogP) is 4.93. The maximum atomic E-state index is 9.73. The first kappa shape index (κ1) is 20.6. The normalized spacial score (nSPS) is 15.3. The molecule has 1 atom stereocenters. The minimum Gasteiger partial charge on any atom is -0.494 e. The molecule has 0 bridgehead atoms. The van der Waals surface area contributed by atoms with Crippen molar-refractivity contribution in [3.05, 3.63) is 65.0 Å². The predicted molar refractivity (Wildman–Crippen MR) is 116 cm³/mol. The molecule has 1 aliphatic heterocycles. The van der Waals surface area contributed by atoms with Gasteiger partial charge in [-0.05, 0) is 44.0 Å². The number of hydrogen-bond donors (Lipinski definition) is 1. The quantitative estimate of drug-likeness (QED) is 0.646. The Bertz CT molecular complexity index is 909. The molecule has 0 saturated heterocycles. The van der Waals surface area contributed by atoms with Crippen molar-refractivity contribution in [3.63, 3.8) is 0 Å². The Hall–Kier alpha value is -3.13. The third kappa shape index (κ3) is 4.32. The molecule has 0 spiro atoms. The van der Waals surface area contributed by atoms with Gasteiger partial charge in [0.2, 0.25) is 5.88 Å². The van der Waals surface area contributed by atoms with E-state index < -0.39 is 0 Å². The van der Waals surface area contributed by atoms with Crippen molar-refractivity contribution in [2.45, 2.75) is 39.5 Å². The first-order valence-corrected chi connectivity index (χ1v) is 10.3. The molecule has 0 unspecified atom stereocenters. The highest BCUT2D eigenvalue weighted by atomic mass is 16.5. The topological polar surface area (TPSA) is 71.5 Å². The summed E-state index contributed by atoms with van der Waals surface area (Å²) in [4.78, 5) is 2.25. The van der Waals surface area contributed by atoms with Crippen molar-refractivity contribution in [2.24, 2.45) is 5.73 Å². The number of anilines is 1. The van der Waals surface area contributed by atoms with Crippen LogP contribution in [0.5, 0.6) is 11.5 Å². The molecular weight excluding hydrogens is 362 g/mol. The van der Waals surface area contributed by atoms with E-state index in [4.69, 9.17) is 15.2 Å². The van der Waals surface area contributed by atoms with E-state index in [9.17, 15) is 5.26 Å². The highest BCUT2D eigenvalue weighted by Crippen LogP contribution is 2.43. The molecule has 0 radical (unpaired) electrons. The summed E-state index contributed by atoms with van der Waals surface area (Å²) in [7, 11) is 0. The summed E-state index contributed by atoms with van der Waals surface area (Å²) in [5, 5.41) is 9.73. The highest BCUT2D eigenvalue weighted by Gasteiger charge is 2.31. The lowest BCUT2D eigenvalue weighted by molar-refractivity contribution is 0.309. The van der Waals surface area contributed by atoms with Gasteiger partial charge in [-0.25, -0.2) is 0 Å². The van der Waals surface area contributed by atoms with E-state index in [-0.39, 0.29) is 11.8 Å². The number of nitriles is 1. The molecule has 5 heteroatoms. The second kappa shape index (κ2) is 9.38. The van der Waals surface area contributed by atoms with Crippen LogP contribution >= 0.6 is 0 Å². The number of unbranched alkanes of at least 4 members (excludes halogenated alkanes) is 1. The van der Waals surface area contributed by atoms with Crippen molar-refractivity contribution in [1.82, 2.24) is 0 Å². The van der Waals surface area contributed by atoms with E-state index in [1.165, 1.54) is 0 Å². The van der Waals surface area contributed by atoms with Gasteiger partial charge < -0.3 is 20.1 Å². The van der Waals surface area contributed by atoms with Crippen molar-refractivity contribution < 1.29 is 9.47 Å². The van der Waals surface area contributed by atoms with Gasteiger partial charge in [0, 0.05) is 30.4 Å². The van der Waals surface area contributed by atoms with Gasteiger partial charge in [0.25, 0.3) is 0 Å². The smallest absolute Gasteiger partial charge is 0.205 e. The van der Waals surface area contributed by atoms with Crippen LogP contribution in [0, 0.1) is 11.3 Å². The molecule has 29 heavy (non-hydrogen) atoms. The van der Waals surface area contributed by atoms with Crippen molar-refractivity contribution in [3.8, 4) is 17.6 Å². The van der Waals surface area contributed by atoms with Crippen LogP contribution in [0.25, 0.3) is 0 Å². The van der Waals surface area contributed by atoms with E-state index in [1.807, 2.05) is 36.4 Å². The molecule has 0 fully saturated rings. The fourth-order valence-corrected chi connectivity index (χ4v) is 3.66. The van der Waals surface area contributed by atoms with Gasteiger partial charge in [-0.15, -0.1) is 0 Å². The number of ether oxygens (including phenoxy) is 2. The monoisotopic (exact) mass is 391 g/mol. The molecule has 0 aliphatic carbocycles. The molecule has 2 aromatic carbocycles. The summed E-state index contributed by atoms with van der Waals surface area (Å²) in [6.45, 7) is 8.92. The van der Waals surface area contributed by atoms with Crippen LogP contribution in [0.1, 0.15) is 50.7 Å². The summed E-state index contributed by atoms with van der Waals surface area (Å²) in [5.74, 6) is 1.46. The van der Waals surface area contributed by atoms with Crippen LogP contribution < -0.4 is 20.1 Å². The highest BCUT2D eigenvalue weighted by molar-refractivity contribution is 5.61. The number of nitrogens with two attached hydrogens (primary N) is 1. The van der Waals surface area contributed by atoms with Gasteiger partial charge in [-0.1, -0.05) is 31.5 Å². The molecule has 2 N–H and O–H groups in total. The number of allylic oxidation sites excluding steroid dienone is 1. The molecule has 3 rings (SSSR count). The zero-order valence-corrected chi connectivity index (χ0v) is 17.4.